The number of esters is 1. The van der Waals surface area contributed by atoms with Crippen molar-refractivity contribution in [3.63, 3.8) is 0 Å². The number of ether oxygens (including phenoxy) is 2. The molecule has 0 aliphatic rings. The smallest absolute Gasteiger partial charge is 0.341 e. The molecule has 0 radical (unpaired) electrons. The number of hydrogen-bond acceptors (Lipinski definition) is 6. The van der Waals surface area contributed by atoms with Gasteiger partial charge in [0.2, 0.25) is 5.91 Å². The van der Waals surface area contributed by atoms with Crippen molar-refractivity contribution < 1.29 is 19.1 Å². The first-order valence-electron chi connectivity index (χ1n) is 9.55. The van der Waals surface area contributed by atoms with Crippen LogP contribution in [0.4, 0.5) is 10.7 Å². The lowest BCUT2D eigenvalue weighted by Gasteiger charge is -2.10. The molecule has 0 atom stereocenters. The van der Waals surface area contributed by atoms with Crippen LogP contribution in [0.1, 0.15) is 22.8 Å². The average molecular weight is 425 g/mol. The summed E-state index contributed by atoms with van der Waals surface area (Å²) in [6.45, 7) is 4.08. The van der Waals surface area contributed by atoms with Crippen LogP contribution in [0.5, 0.6) is 5.75 Å². The van der Waals surface area contributed by atoms with Crippen LogP contribution >= 0.6 is 11.3 Å². The molecule has 3 aromatic rings. The number of nitrogens with one attached hydrogen (secondary N) is 2. The molecule has 0 aliphatic heterocycles. The van der Waals surface area contributed by atoms with Crippen LogP contribution in [-0.2, 0) is 9.53 Å². The summed E-state index contributed by atoms with van der Waals surface area (Å²) in [5.74, 6) is 0.0349. The molecule has 0 saturated heterocycles. The monoisotopic (exact) mass is 424 g/mol. The van der Waals surface area contributed by atoms with Gasteiger partial charge in [0, 0.05) is 16.6 Å². The third-order valence-corrected chi connectivity index (χ3v) is 5.32. The van der Waals surface area contributed by atoms with Crippen LogP contribution in [-0.4, -0.2) is 32.1 Å². The zero-order valence-electron chi connectivity index (χ0n) is 17.2. The summed E-state index contributed by atoms with van der Waals surface area (Å²) in [6, 6.07) is 15.2. The summed E-state index contributed by atoms with van der Waals surface area (Å²) in [6.07, 6.45) is 0. The Morgan fingerprint density at radius 2 is 1.73 bits per heavy atom. The Labute approximate surface area is 179 Å². The number of hydrogen-bond donors (Lipinski definition) is 2. The second-order valence-corrected chi connectivity index (χ2v) is 7.45. The first kappa shape index (κ1) is 21.4. The summed E-state index contributed by atoms with van der Waals surface area (Å²) in [5.41, 5.74) is 3.95. The molecule has 2 aromatic carbocycles. The standard InChI is InChI=1S/C23H24N2O4S/c1-4-29-23(27)21-19(16-7-5-15(2)6-8-16)14-30-22(21)25-20(26)13-24-17-9-11-18(28-3)12-10-17/h5-12,14,24H,4,13H2,1-3H3,(H,25,26). The summed E-state index contributed by atoms with van der Waals surface area (Å²) < 4.78 is 10.4. The molecule has 7 heteroatoms. The van der Waals surface area contributed by atoms with Crippen LogP contribution < -0.4 is 15.4 Å². The molecule has 156 valence electrons. The van der Waals surface area contributed by atoms with Crippen molar-refractivity contribution in [2.75, 3.05) is 30.9 Å². The molecule has 1 amide bonds. The number of rotatable bonds is 8. The van der Waals surface area contributed by atoms with E-state index in [1.807, 2.05) is 60.8 Å². The molecular weight excluding hydrogens is 400 g/mol. The molecular formula is C23H24N2O4S. The Balaban J connectivity index is 1.76. The molecule has 1 heterocycles. The van der Waals surface area contributed by atoms with Crippen molar-refractivity contribution in [3.05, 3.63) is 65.0 Å². The number of methoxy groups -OCH3 is 1. The second-order valence-electron chi connectivity index (χ2n) is 6.57. The van der Waals surface area contributed by atoms with Gasteiger partial charge in [-0.2, -0.15) is 0 Å². The minimum atomic E-state index is -0.451. The van der Waals surface area contributed by atoms with Crippen LogP contribution in [0.3, 0.4) is 0 Å². The molecule has 3 rings (SSSR count). The van der Waals surface area contributed by atoms with E-state index in [-0.39, 0.29) is 19.1 Å². The maximum atomic E-state index is 12.6. The largest absolute Gasteiger partial charge is 0.497 e. The van der Waals surface area contributed by atoms with Crippen molar-refractivity contribution >= 4 is 33.9 Å². The van der Waals surface area contributed by atoms with Gasteiger partial charge in [0.25, 0.3) is 0 Å². The lowest BCUT2D eigenvalue weighted by atomic mass is 10.0. The average Bonchev–Trinajstić information content (AvgIpc) is 3.17. The fourth-order valence-electron chi connectivity index (χ4n) is 2.86. The highest BCUT2D eigenvalue weighted by molar-refractivity contribution is 7.15. The van der Waals surface area contributed by atoms with Crippen LogP contribution in [0.2, 0.25) is 0 Å². The van der Waals surface area contributed by atoms with Crippen molar-refractivity contribution in [2.24, 2.45) is 0 Å². The first-order valence-corrected chi connectivity index (χ1v) is 10.4. The van der Waals surface area contributed by atoms with Gasteiger partial charge in [-0.05, 0) is 43.7 Å². The predicted octanol–water partition coefficient (Wildman–Crippen LogP) is 4.96. The van der Waals surface area contributed by atoms with Crippen molar-refractivity contribution in [1.29, 1.82) is 0 Å². The highest BCUT2D eigenvalue weighted by atomic mass is 32.1. The maximum Gasteiger partial charge on any atom is 0.341 e. The van der Waals surface area contributed by atoms with Gasteiger partial charge in [-0.25, -0.2) is 4.79 Å². The van der Waals surface area contributed by atoms with E-state index in [4.69, 9.17) is 9.47 Å². The lowest BCUT2D eigenvalue weighted by molar-refractivity contribution is -0.114. The fourth-order valence-corrected chi connectivity index (χ4v) is 3.84. The first-order chi connectivity index (χ1) is 14.5. The molecule has 0 unspecified atom stereocenters. The Morgan fingerprint density at radius 3 is 2.37 bits per heavy atom. The van der Waals surface area contributed by atoms with Gasteiger partial charge in [-0.1, -0.05) is 29.8 Å². The van der Waals surface area contributed by atoms with Gasteiger partial charge in [0.05, 0.1) is 20.3 Å². The topological polar surface area (TPSA) is 76.7 Å². The number of benzene rings is 2. The third-order valence-electron chi connectivity index (χ3n) is 4.43. The highest BCUT2D eigenvalue weighted by Crippen LogP contribution is 2.36. The Kier molecular flexibility index (Phi) is 7.08. The van der Waals surface area contributed by atoms with Crippen LogP contribution in [0.25, 0.3) is 11.1 Å². The minimum Gasteiger partial charge on any atom is -0.497 e. The van der Waals surface area contributed by atoms with Gasteiger partial charge < -0.3 is 20.1 Å². The van der Waals surface area contributed by atoms with Crippen LogP contribution in [0.15, 0.2) is 53.9 Å². The zero-order chi connectivity index (χ0) is 21.5. The van der Waals surface area contributed by atoms with Crippen LogP contribution in [0, 0.1) is 6.92 Å². The molecule has 0 bridgehead atoms. The fraction of sp³-hybridized carbons (Fsp3) is 0.217. The summed E-state index contributed by atoms with van der Waals surface area (Å²) in [4.78, 5) is 25.1. The molecule has 0 saturated carbocycles. The number of thiophene rings is 1. The zero-order valence-corrected chi connectivity index (χ0v) is 18.0. The van der Waals surface area contributed by atoms with E-state index in [0.717, 1.165) is 28.1 Å². The molecule has 0 aliphatic carbocycles. The molecule has 6 nitrogen and oxygen atoms in total. The summed E-state index contributed by atoms with van der Waals surface area (Å²) in [7, 11) is 1.60. The van der Waals surface area contributed by atoms with E-state index in [0.29, 0.717) is 10.6 Å². The lowest BCUT2D eigenvalue weighted by Crippen LogP contribution is -2.22. The summed E-state index contributed by atoms with van der Waals surface area (Å²) >= 11 is 1.31. The molecule has 0 spiro atoms. The summed E-state index contributed by atoms with van der Waals surface area (Å²) in [5, 5.41) is 8.23. The van der Waals surface area contributed by atoms with E-state index in [2.05, 4.69) is 10.6 Å². The molecule has 0 fully saturated rings. The second kappa shape index (κ2) is 9.93. The van der Waals surface area contributed by atoms with Gasteiger partial charge >= 0.3 is 5.97 Å². The Morgan fingerprint density at radius 1 is 1.03 bits per heavy atom. The third kappa shape index (κ3) is 5.18. The van der Waals surface area contributed by atoms with E-state index >= 15 is 0 Å². The number of carbonyl (C=O) groups is 2. The van der Waals surface area contributed by atoms with E-state index < -0.39 is 5.97 Å². The normalized spacial score (nSPS) is 10.4. The van der Waals surface area contributed by atoms with Gasteiger partial charge in [0.15, 0.2) is 0 Å². The van der Waals surface area contributed by atoms with Gasteiger partial charge in [-0.3, -0.25) is 4.79 Å². The van der Waals surface area contributed by atoms with E-state index in [1.165, 1.54) is 11.3 Å². The number of carbonyl (C=O) groups excluding carboxylic acids is 2. The Bertz CT molecular complexity index is 1010. The van der Waals surface area contributed by atoms with E-state index in [1.54, 1.807) is 14.0 Å². The number of amides is 1. The molecule has 1 aromatic heterocycles. The number of anilines is 2. The minimum absolute atomic E-state index is 0.0619. The molecule has 2 N–H and O–H groups in total. The quantitative estimate of drug-likeness (QED) is 0.500. The maximum absolute atomic E-state index is 12.6. The van der Waals surface area contributed by atoms with Gasteiger partial charge in [-0.15, -0.1) is 11.3 Å². The predicted molar refractivity (Wildman–Crippen MR) is 121 cm³/mol. The van der Waals surface area contributed by atoms with Gasteiger partial charge in [0.1, 0.15) is 16.3 Å². The van der Waals surface area contributed by atoms with Crippen molar-refractivity contribution in [2.45, 2.75) is 13.8 Å². The van der Waals surface area contributed by atoms with Crippen molar-refractivity contribution in [1.82, 2.24) is 0 Å². The molecule has 30 heavy (non-hydrogen) atoms. The van der Waals surface area contributed by atoms with E-state index in [9.17, 15) is 9.59 Å². The Hall–Kier alpha value is -3.32. The number of aryl methyl sites for hydroxylation is 1. The van der Waals surface area contributed by atoms with Crippen molar-refractivity contribution in [3.8, 4) is 16.9 Å². The highest BCUT2D eigenvalue weighted by Gasteiger charge is 2.22. The SMILES string of the molecule is CCOC(=O)c1c(-c2ccc(C)cc2)csc1NC(=O)CNc1ccc(OC)cc1.